The molecule has 0 aliphatic carbocycles. The lowest BCUT2D eigenvalue weighted by Crippen LogP contribution is -2.11. The largest absolute Gasteiger partial charge is 0.377 e. The lowest BCUT2D eigenvalue weighted by molar-refractivity contribution is 0.0731. The van der Waals surface area contributed by atoms with E-state index in [0.717, 1.165) is 19.7 Å². The first kappa shape index (κ1) is 15.1. The van der Waals surface area contributed by atoms with Gasteiger partial charge < -0.3 is 14.6 Å². The highest BCUT2D eigenvalue weighted by Crippen LogP contribution is 2.26. The quantitative estimate of drug-likeness (QED) is 0.873. The first-order chi connectivity index (χ1) is 9.54. The molecule has 0 atom stereocenters. The summed E-state index contributed by atoms with van der Waals surface area (Å²) in [7, 11) is 1.98. The van der Waals surface area contributed by atoms with Gasteiger partial charge in [0, 0.05) is 29.7 Å². The lowest BCUT2D eigenvalue weighted by atomic mass is 10.1. The molecule has 2 aromatic rings. The number of aromatic nitrogens is 1. The van der Waals surface area contributed by atoms with Crippen molar-refractivity contribution in [2.75, 3.05) is 13.7 Å². The molecule has 0 saturated carbocycles. The van der Waals surface area contributed by atoms with Crippen LogP contribution in [0.3, 0.4) is 0 Å². The average Bonchev–Trinajstić information content (AvgIpc) is 2.64. The summed E-state index contributed by atoms with van der Waals surface area (Å²) in [6, 6.07) is 6.74. The Kier molecular flexibility index (Phi) is 4.84. The second-order valence-electron chi connectivity index (χ2n) is 5.66. The van der Waals surface area contributed by atoms with Crippen LogP contribution in [0.5, 0.6) is 0 Å². The van der Waals surface area contributed by atoms with Crippen molar-refractivity contribution in [2.45, 2.75) is 46.9 Å². The fourth-order valence-corrected chi connectivity index (χ4v) is 2.68. The first-order valence-corrected chi connectivity index (χ1v) is 7.39. The average molecular weight is 274 g/mol. The summed E-state index contributed by atoms with van der Waals surface area (Å²) in [5.74, 6) is 0. The summed E-state index contributed by atoms with van der Waals surface area (Å²) in [6.45, 7) is 11.2. The van der Waals surface area contributed by atoms with Crippen LogP contribution in [0.2, 0.25) is 0 Å². The minimum Gasteiger partial charge on any atom is -0.377 e. The Hall–Kier alpha value is -1.32. The molecule has 0 aliphatic heterocycles. The molecule has 20 heavy (non-hydrogen) atoms. The van der Waals surface area contributed by atoms with Crippen molar-refractivity contribution in [1.82, 2.24) is 9.88 Å². The Balaban J connectivity index is 2.32. The van der Waals surface area contributed by atoms with E-state index < -0.39 is 0 Å². The molecule has 2 rings (SSSR count). The van der Waals surface area contributed by atoms with Gasteiger partial charge in [0.15, 0.2) is 0 Å². The van der Waals surface area contributed by atoms with Crippen molar-refractivity contribution in [1.29, 1.82) is 0 Å². The number of benzene rings is 1. The lowest BCUT2D eigenvalue weighted by Gasteiger charge is -2.11. The van der Waals surface area contributed by atoms with Gasteiger partial charge in [0.1, 0.15) is 0 Å². The number of ether oxygens (including phenoxy) is 1. The number of aryl methyl sites for hydroxylation is 1. The molecule has 0 aliphatic rings. The molecule has 0 radical (unpaired) electrons. The van der Waals surface area contributed by atoms with E-state index in [0.29, 0.717) is 6.10 Å². The van der Waals surface area contributed by atoms with E-state index in [4.69, 9.17) is 4.74 Å². The second-order valence-corrected chi connectivity index (χ2v) is 5.66. The summed E-state index contributed by atoms with van der Waals surface area (Å²) in [4.78, 5) is 0. The summed E-state index contributed by atoms with van der Waals surface area (Å²) >= 11 is 0. The third-order valence-corrected chi connectivity index (χ3v) is 3.85. The molecule has 110 valence electrons. The molecule has 0 unspecified atom stereocenters. The van der Waals surface area contributed by atoms with Gasteiger partial charge in [0.25, 0.3) is 0 Å². The van der Waals surface area contributed by atoms with Crippen LogP contribution in [0.15, 0.2) is 18.2 Å². The Morgan fingerprint density at radius 1 is 1.25 bits per heavy atom. The van der Waals surface area contributed by atoms with E-state index in [1.165, 1.54) is 27.7 Å². The fraction of sp³-hybridized carbons (Fsp3) is 0.529. The monoisotopic (exact) mass is 274 g/mol. The van der Waals surface area contributed by atoms with Crippen LogP contribution < -0.4 is 5.32 Å². The van der Waals surface area contributed by atoms with E-state index in [9.17, 15) is 0 Å². The highest BCUT2D eigenvalue weighted by molar-refractivity contribution is 5.86. The second kappa shape index (κ2) is 6.42. The Bertz CT molecular complexity index is 584. The molecule has 0 saturated heterocycles. The smallest absolute Gasteiger partial charge is 0.0649 e. The number of nitrogens with one attached hydrogen (secondary N) is 1. The van der Waals surface area contributed by atoms with Crippen molar-refractivity contribution in [3.63, 3.8) is 0 Å². The topological polar surface area (TPSA) is 26.2 Å². The van der Waals surface area contributed by atoms with E-state index in [1.807, 2.05) is 7.05 Å². The SMILES string of the molecule is CNCc1ccc2c(c1)c(C)c(C)n2CCOC(C)C. The third kappa shape index (κ3) is 3.05. The van der Waals surface area contributed by atoms with Crippen LogP contribution in [0, 0.1) is 13.8 Å². The zero-order valence-electron chi connectivity index (χ0n) is 13.3. The molecule has 0 spiro atoms. The van der Waals surface area contributed by atoms with Crippen molar-refractivity contribution >= 4 is 10.9 Å². The molecule has 3 heteroatoms. The van der Waals surface area contributed by atoms with Gasteiger partial charge in [-0.05, 0) is 58.0 Å². The Morgan fingerprint density at radius 2 is 2.00 bits per heavy atom. The highest BCUT2D eigenvalue weighted by Gasteiger charge is 2.11. The van der Waals surface area contributed by atoms with Crippen LogP contribution in [-0.2, 0) is 17.8 Å². The normalized spacial score (nSPS) is 11.7. The zero-order valence-corrected chi connectivity index (χ0v) is 13.3. The molecule has 0 amide bonds. The summed E-state index contributed by atoms with van der Waals surface area (Å²) in [5.41, 5.74) is 5.36. The van der Waals surface area contributed by atoms with Crippen LogP contribution in [0.4, 0.5) is 0 Å². The number of hydrogen-bond donors (Lipinski definition) is 1. The molecule has 0 bridgehead atoms. The van der Waals surface area contributed by atoms with Gasteiger partial charge in [-0.1, -0.05) is 6.07 Å². The van der Waals surface area contributed by atoms with Crippen LogP contribution in [0.1, 0.15) is 30.7 Å². The maximum absolute atomic E-state index is 5.69. The molecule has 1 aromatic heterocycles. The van der Waals surface area contributed by atoms with E-state index in [1.54, 1.807) is 0 Å². The highest BCUT2D eigenvalue weighted by atomic mass is 16.5. The van der Waals surface area contributed by atoms with Gasteiger partial charge in [0.05, 0.1) is 12.7 Å². The van der Waals surface area contributed by atoms with Crippen molar-refractivity contribution in [2.24, 2.45) is 0 Å². The fourth-order valence-electron chi connectivity index (χ4n) is 2.68. The van der Waals surface area contributed by atoms with Gasteiger partial charge in [-0.15, -0.1) is 0 Å². The predicted molar refractivity (Wildman–Crippen MR) is 85.3 cm³/mol. The van der Waals surface area contributed by atoms with Crippen LogP contribution in [-0.4, -0.2) is 24.3 Å². The van der Waals surface area contributed by atoms with Crippen molar-refractivity contribution in [3.8, 4) is 0 Å². The third-order valence-electron chi connectivity index (χ3n) is 3.85. The molecular weight excluding hydrogens is 248 g/mol. The number of nitrogens with zero attached hydrogens (tertiary/aromatic N) is 1. The van der Waals surface area contributed by atoms with Crippen LogP contribution in [0.25, 0.3) is 10.9 Å². The molecular formula is C17H26N2O. The summed E-state index contributed by atoms with van der Waals surface area (Å²) in [6.07, 6.45) is 0.292. The van der Waals surface area contributed by atoms with E-state index in [2.05, 4.69) is 55.8 Å². The molecule has 0 fully saturated rings. The van der Waals surface area contributed by atoms with Crippen LogP contribution >= 0.6 is 0 Å². The maximum Gasteiger partial charge on any atom is 0.0649 e. The van der Waals surface area contributed by atoms with Crippen molar-refractivity contribution in [3.05, 3.63) is 35.0 Å². The number of hydrogen-bond acceptors (Lipinski definition) is 2. The predicted octanol–water partition coefficient (Wildman–Crippen LogP) is 3.40. The number of rotatable bonds is 6. The number of fused-ring (bicyclic) bond motifs is 1. The van der Waals surface area contributed by atoms with Gasteiger partial charge >= 0.3 is 0 Å². The van der Waals surface area contributed by atoms with Gasteiger partial charge in [-0.3, -0.25) is 0 Å². The van der Waals surface area contributed by atoms with Crippen molar-refractivity contribution < 1.29 is 4.74 Å². The molecule has 3 nitrogen and oxygen atoms in total. The van der Waals surface area contributed by atoms with E-state index in [-0.39, 0.29) is 0 Å². The van der Waals surface area contributed by atoms with Gasteiger partial charge in [-0.2, -0.15) is 0 Å². The Morgan fingerprint density at radius 3 is 2.65 bits per heavy atom. The minimum absolute atomic E-state index is 0.292. The summed E-state index contributed by atoms with van der Waals surface area (Å²) in [5, 5.41) is 4.57. The standard InChI is InChI=1S/C17H26N2O/c1-12(2)20-9-8-19-14(4)13(3)16-10-15(11-18-5)6-7-17(16)19/h6-7,10,12,18H,8-9,11H2,1-5H3. The first-order valence-electron chi connectivity index (χ1n) is 7.39. The van der Waals surface area contributed by atoms with Gasteiger partial charge in [-0.25, -0.2) is 0 Å². The molecule has 1 N–H and O–H groups in total. The van der Waals surface area contributed by atoms with Gasteiger partial charge in [0.2, 0.25) is 0 Å². The maximum atomic E-state index is 5.69. The zero-order chi connectivity index (χ0) is 14.7. The summed E-state index contributed by atoms with van der Waals surface area (Å²) < 4.78 is 8.06. The molecule has 1 aromatic carbocycles. The Labute approximate surface area is 121 Å². The van der Waals surface area contributed by atoms with E-state index >= 15 is 0 Å². The molecule has 1 heterocycles. The minimum atomic E-state index is 0.292.